The minimum atomic E-state index is -0.00746. The predicted molar refractivity (Wildman–Crippen MR) is 89.2 cm³/mol. The van der Waals surface area contributed by atoms with Crippen LogP contribution in [-0.2, 0) is 17.6 Å². The van der Waals surface area contributed by atoms with Gasteiger partial charge in [-0.2, -0.15) is 0 Å². The van der Waals surface area contributed by atoms with Gasteiger partial charge in [0.1, 0.15) is 5.82 Å². The summed E-state index contributed by atoms with van der Waals surface area (Å²) in [6, 6.07) is 9.70. The number of nitrogens with zero attached hydrogens (tertiary/aromatic N) is 2. The first-order valence-corrected chi connectivity index (χ1v) is 7.89. The fourth-order valence-electron chi connectivity index (χ4n) is 3.24. The number of aryl methyl sites for hydroxylation is 2. The Morgan fingerprint density at radius 2 is 2.26 bits per heavy atom. The van der Waals surface area contributed by atoms with Crippen LogP contribution in [0.4, 0.5) is 5.69 Å². The Kier molecular flexibility index (Phi) is 3.33. The number of anilines is 1. The highest BCUT2D eigenvalue weighted by atomic mass is 16.1. The molecule has 0 saturated heterocycles. The van der Waals surface area contributed by atoms with E-state index in [-0.39, 0.29) is 11.8 Å². The van der Waals surface area contributed by atoms with Crippen LogP contribution >= 0.6 is 0 Å². The lowest BCUT2D eigenvalue weighted by atomic mass is 9.89. The average molecular weight is 306 g/mol. The maximum atomic E-state index is 12.6. The third kappa shape index (κ3) is 2.70. The Bertz CT molecular complexity index is 884. The number of carbonyl (C=O) groups excluding carboxylic acids is 1. The van der Waals surface area contributed by atoms with Crippen LogP contribution in [0.25, 0.3) is 10.9 Å². The van der Waals surface area contributed by atoms with E-state index in [0.717, 1.165) is 53.1 Å². The number of benzene rings is 1. The molecule has 2 aromatic heterocycles. The number of aromatic nitrogens is 3. The second-order valence-electron chi connectivity index (χ2n) is 6.09. The van der Waals surface area contributed by atoms with Gasteiger partial charge in [-0.05, 0) is 44.0 Å². The summed E-state index contributed by atoms with van der Waals surface area (Å²) < 4.78 is 0. The van der Waals surface area contributed by atoms with E-state index in [4.69, 9.17) is 0 Å². The molecule has 2 heterocycles. The zero-order valence-electron chi connectivity index (χ0n) is 13.0. The van der Waals surface area contributed by atoms with Crippen LogP contribution in [-0.4, -0.2) is 20.9 Å². The predicted octanol–water partition coefficient (Wildman–Crippen LogP) is 3.01. The SMILES string of the molecule is Cc1nc2c([nH]1)CC(C(=O)Nc1ccc3ncccc3c1)CC2. The van der Waals surface area contributed by atoms with Crippen LogP contribution in [0.1, 0.15) is 23.6 Å². The lowest BCUT2D eigenvalue weighted by Crippen LogP contribution is -2.28. The maximum absolute atomic E-state index is 12.6. The normalized spacial score (nSPS) is 17.0. The van der Waals surface area contributed by atoms with Gasteiger partial charge in [0.25, 0.3) is 0 Å². The van der Waals surface area contributed by atoms with E-state index in [9.17, 15) is 4.79 Å². The van der Waals surface area contributed by atoms with Crippen molar-refractivity contribution in [1.29, 1.82) is 0 Å². The quantitative estimate of drug-likeness (QED) is 0.764. The molecule has 0 spiro atoms. The molecule has 0 fully saturated rings. The van der Waals surface area contributed by atoms with E-state index >= 15 is 0 Å². The number of hydrogen-bond donors (Lipinski definition) is 2. The number of fused-ring (bicyclic) bond motifs is 2. The standard InChI is InChI=1S/C18H18N4O/c1-11-20-16-6-4-13(10-17(16)21-11)18(23)22-14-5-7-15-12(9-14)3-2-8-19-15/h2-3,5,7-9,13H,4,6,10H2,1H3,(H,20,21)(H,22,23). The number of aromatic amines is 1. The number of imidazole rings is 1. The van der Waals surface area contributed by atoms with Crippen molar-refractivity contribution in [3.63, 3.8) is 0 Å². The molecule has 1 atom stereocenters. The van der Waals surface area contributed by atoms with Crippen molar-refractivity contribution in [3.05, 3.63) is 53.7 Å². The average Bonchev–Trinajstić information content (AvgIpc) is 2.93. The van der Waals surface area contributed by atoms with Crippen LogP contribution in [0.3, 0.4) is 0 Å². The molecule has 4 rings (SSSR count). The fraction of sp³-hybridized carbons (Fsp3) is 0.278. The Hall–Kier alpha value is -2.69. The summed E-state index contributed by atoms with van der Waals surface area (Å²) in [6.45, 7) is 1.95. The van der Waals surface area contributed by atoms with Crippen LogP contribution in [0, 0.1) is 12.8 Å². The first-order chi connectivity index (χ1) is 11.2. The number of hydrogen-bond acceptors (Lipinski definition) is 3. The topological polar surface area (TPSA) is 70.7 Å². The van der Waals surface area contributed by atoms with E-state index < -0.39 is 0 Å². The number of nitrogens with one attached hydrogen (secondary N) is 2. The smallest absolute Gasteiger partial charge is 0.227 e. The number of amides is 1. The Balaban J connectivity index is 1.51. The van der Waals surface area contributed by atoms with Crippen molar-refractivity contribution < 1.29 is 4.79 Å². The molecule has 5 nitrogen and oxygen atoms in total. The molecule has 0 saturated carbocycles. The summed E-state index contributed by atoms with van der Waals surface area (Å²) in [7, 11) is 0. The second-order valence-corrected chi connectivity index (χ2v) is 6.09. The highest BCUT2D eigenvalue weighted by Gasteiger charge is 2.26. The summed E-state index contributed by atoms with van der Waals surface area (Å²) in [5.41, 5.74) is 3.97. The van der Waals surface area contributed by atoms with Gasteiger partial charge < -0.3 is 10.3 Å². The molecular weight excluding hydrogens is 288 g/mol. The van der Waals surface area contributed by atoms with E-state index in [0.29, 0.717) is 0 Å². The van der Waals surface area contributed by atoms with Crippen molar-refractivity contribution in [2.75, 3.05) is 5.32 Å². The lowest BCUT2D eigenvalue weighted by molar-refractivity contribution is -0.120. The summed E-state index contributed by atoms with van der Waals surface area (Å²) >= 11 is 0. The van der Waals surface area contributed by atoms with Gasteiger partial charge in [-0.1, -0.05) is 6.07 Å². The zero-order chi connectivity index (χ0) is 15.8. The largest absolute Gasteiger partial charge is 0.346 e. The number of H-pyrrole nitrogens is 1. The molecule has 0 bridgehead atoms. The van der Waals surface area contributed by atoms with Gasteiger partial charge in [0.2, 0.25) is 5.91 Å². The number of rotatable bonds is 2. The zero-order valence-corrected chi connectivity index (χ0v) is 13.0. The molecule has 116 valence electrons. The third-order valence-electron chi connectivity index (χ3n) is 4.40. The van der Waals surface area contributed by atoms with Gasteiger partial charge in [-0.3, -0.25) is 9.78 Å². The van der Waals surface area contributed by atoms with Crippen LogP contribution in [0.2, 0.25) is 0 Å². The monoisotopic (exact) mass is 306 g/mol. The molecule has 5 heteroatoms. The minimum absolute atomic E-state index is 0.00746. The molecule has 0 aliphatic heterocycles. The molecule has 1 aliphatic carbocycles. The van der Waals surface area contributed by atoms with E-state index in [2.05, 4.69) is 20.3 Å². The summed E-state index contributed by atoms with van der Waals surface area (Å²) in [5.74, 6) is 0.996. The molecule has 1 aromatic carbocycles. The molecule has 3 aromatic rings. The van der Waals surface area contributed by atoms with Gasteiger partial charge in [0.15, 0.2) is 0 Å². The number of carbonyl (C=O) groups is 1. The second kappa shape index (κ2) is 5.50. The molecule has 1 unspecified atom stereocenters. The fourth-order valence-corrected chi connectivity index (χ4v) is 3.24. The van der Waals surface area contributed by atoms with E-state index in [1.54, 1.807) is 6.20 Å². The van der Waals surface area contributed by atoms with Gasteiger partial charge in [0, 0.05) is 35.3 Å². The van der Waals surface area contributed by atoms with Crippen LogP contribution < -0.4 is 5.32 Å². The molecule has 1 amide bonds. The lowest BCUT2D eigenvalue weighted by Gasteiger charge is -2.20. The van der Waals surface area contributed by atoms with Crippen molar-refractivity contribution in [2.45, 2.75) is 26.2 Å². The summed E-state index contributed by atoms with van der Waals surface area (Å²) in [6.07, 6.45) is 4.21. The van der Waals surface area contributed by atoms with Crippen molar-refractivity contribution >= 4 is 22.5 Å². The first kappa shape index (κ1) is 13.9. The van der Waals surface area contributed by atoms with Gasteiger partial charge in [-0.25, -0.2) is 4.98 Å². The van der Waals surface area contributed by atoms with Crippen molar-refractivity contribution in [2.24, 2.45) is 5.92 Å². The minimum Gasteiger partial charge on any atom is -0.346 e. The molecular formula is C18H18N4O. The summed E-state index contributed by atoms with van der Waals surface area (Å²) in [5, 5.41) is 4.07. The van der Waals surface area contributed by atoms with E-state index in [1.165, 1.54) is 0 Å². The van der Waals surface area contributed by atoms with Gasteiger partial charge in [0.05, 0.1) is 11.2 Å². The molecule has 23 heavy (non-hydrogen) atoms. The Morgan fingerprint density at radius 1 is 1.35 bits per heavy atom. The Labute approximate surface area is 134 Å². The van der Waals surface area contributed by atoms with Crippen molar-refractivity contribution in [1.82, 2.24) is 15.0 Å². The molecule has 1 aliphatic rings. The first-order valence-electron chi connectivity index (χ1n) is 7.89. The highest BCUT2D eigenvalue weighted by Crippen LogP contribution is 2.25. The van der Waals surface area contributed by atoms with Gasteiger partial charge in [-0.15, -0.1) is 0 Å². The Morgan fingerprint density at radius 3 is 3.17 bits per heavy atom. The van der Waals surface area contributed by atoms with Crippen LogP contribution in [0.5, 0.6) is 0 Å². The summed E-state index contributed by atoms with van der Waals surface area (Å²) in [4.78, 5) is 24.6. The van der Waals surface area contributed by atoms with Crippen molar-refractivity contribution in [3.8, 4) is 0 Å². The highest BCUT2D eigenvalue weighted by molar-refractivity contribution is 5.95. The van der Waals surface area contributed by atoms with E-state index in [1.807, 2.05) is 37.3 Å². The maximum Gasteiger partial charge on any atom is 0.227 e. The third-order valence-corrected chi connectivity index (χ3v) is 4.40. The molecule has 2 N–H and O–H groups in total. The van der Waals surface area contributed by atoms with Crippen LogP contribution in [0.15, 0.2) is 36.5 Å². The number of pyridine rings is 1. The molecule has 0 radical (unpaired) electrons. The van der Waals surface area contributed by atoms with Gasteiger partial charge >= 0.3 is 0 Å².